The normalized spacial score (nSPS) is 19.2. The Balaban J connectivity index is 1.76. The molecule has 0 radical (unpaired) electrons. The van der Waals surface area contributed by atoms with Gasteiger partial charge in [-0.2, -0.15) is 5.01 Å². The van der Waals surface area contributed by atoms with Crippen molar-refractivity contribution in [2.75, 3.05) is 6.54 Å². The third kappa shape index (κ3) is 4.20. The average Bonchev–Trinajstić information content (AvgIpc) is 3.07. The fourth-order valence-electron chi connectivity index (χ4n) is 4.14. The third-order valence-corrected chi connectivity index (χ3v) is 6.36. The zero-order chi connectivity index (χ0) is 24.6. The lowest BCUT2D eigenvalue weighted by Gasteiger charge is -2.30. The Morgan fingerprint density at radius 3 is 2.21 bits per heavy atom. The molecule has 2 aliphatic rings. The highest BCUT2D eigenvalue weighted by Gasteiger charge is 2.51. The third-order valence-electron chi connectivity index (χ3n) is 5.82. The lowest BCUT2D eigenvalue weighted by Crippen LogP contribution is -2.52. The van der Waals surface area contributed by atoms with Gasteiger partial charge in [0.2, 0.25) is 0 Å². The first-order valence-corrected chi connectivity index (χ1v) is 11.0. The minimum atomic E-state index is -1.03. The van der Waals surface area contributed by atoms with Gasteiger partial charge in [-0.3, -0.25) is 29.3 Å². The van der Waals surface area contributed by atoms with Gasteiger partial charge in [-0.25, -0.2) is 5.01 Å². The number of nitrogens with zero attached hydrogens (tertiary/aromatic N) is 3. The summed E-state index contributed by atoms with van der Waals surface area (Å²) >= 11 is 12.0. The SMILES string of the molecule is O=C(CN(C(=O)c1ccccc1[N+](=O)[O-])N1C(=O)[C@H]2CC=CC[C@H]2C1=O)c1ccc(Cl)cc1Cl. The van der Waals surface area contributed by atoms with E-state index in [2.05, 4.69) is 0 Å². The predicted molar refractivity (Wildman–Crippen MR) is 122 cm³/mol. The standard InChI is InChI=1S/C23H17Cl2N3O6/c24-13-9-10-16(18(25)11-13)20(29)12-26(21(30)17-7-3-4-8-19(17)28(33)34)27-22(31)14-5-1-2-6-15(14)23(27)32/h1-4,7-11,14-15H,5-6,12H2/t14-,15+. The summed E-state index contributed by atoms with van der Waals surface area (Å²) in [6, 6.07) is 9.25. The number of amides is 3. The number of allylic oxidation sites excluding steroid dienone is 2. The number of hydrogen-bond donors (Lipinski definition) is 0. The van der Waals surface area contributed by atoms with E-state index in [1.807, 2.05) is 0 Å². The fourth-order valence-corrected chi connectivity index (χ4v) is 4.66. The number of carbonyl (C=O) groups excluding carboxylic acids is 4. The maximum Gasteiger partial charge on any atom is 0.282 e. The molecule has 1 heterocycles. The molecule has 34 heavy (non-hydrogen) atoms. The Morgan fingerprint density at radius 2 is 1.62 bits per heavy atom. The molecule has 2 atom stereocenters. The smallest absolute Gasteiger partial charge is 0.282 e. The van der Waals surface area contributed by atoms with Crippen LogP contribution in [0.25, 0.3) is 0 Å². The highest BCUT2D eigenvalue weighted by Crippen LogP contribution is 2.37. The van der Waals surface area contributed by atoms with Gasteiger partial charge in [0.05, 0.1) is 21.8 Å². The number of imide groups is 1. The van der Waals surface area contributed by atoms with E-state index >= 15 is 0 Å². The maximum absolute atomic E-state index is 13.5. The lowest BCUT2D eigenvalue weighted by molar-refractivity contribution is -0.385. The molecule has 1 fully saturated rings. The van der Waals surface area contributed by atoms with Gasteiger partial charge >= 0.3 is 0 Å². The molecular weight excluding hydrogens is 485 g/mol. The van der Waals surface area contributed by atoms with Crippen LogP contribution in [0.3, 0.4) is 0 Å². The number of fused-ring (bicyclic) bond motifs is 1. The van der Waals surface area contributed by atoms with Gasteiger partial charge in [0, 0.05) is 16.7 Å². The summed E-state index contributed by atoms with van der Waals surface area (Å²) in [6.45, 7) is -0.740. The molecule has 0 bridgehead atoms. The van der Waals surface area contributed by atoms with Crippen LogP contribution < -0.4 is 0 Å². The van der Waals surface area contributed by atoms with Crippen molar-refractivity contribution in [3.8, 4) is 0 Å². The van der Waals surface area contributed by atoms with Gasteiger partial charge in [0.15, 0.2) is 5.78 Å². The second kappa shape index (κ2) is 9.36. The molecular formula is C23H17Cl2N3O6. The van der Waals surface area contributed by atoms with Crippen molar-refractivity contribution >= 4 is 52.4 Å². The van der Waals surface area contributed by atoms with E-state index in [1.54, 1.807) is 12.2 Å². The number of ketones is 1. The summed E-state index contributed by atoms with van der Waals surface area (Å²) in [5.74, 6) is -4.33. The van der Waals surface area contributed by atoms with E-state index < -0.39 is 52.5 Å². The molecule has 0 aromatic heterocycles. The molecule has 0 saturated carbocycles. The molecule has 0 unspecified atom stereocenters. The molecule has 1 saturated heterocycles. The van der Waals surface area contributed by atoms with Crippen LogP contribution in [0.2, 0.25) is 10.0 Å². The molecule has 4 rings (SSSR count). The summed E-state index contributed by atoms with van der Waals surface area (Å²) in [5.41, 5.74) is -0.867. The first-order chi connectivity index (χ1) is 16.2. The minimum Gasteiger partial charge on any atom is -0.292 e. The van der Waals surface area contributed by atoms with E-state index in [0.29, 0.717) is 22.9 Å². The zero-order valence-electron chi connectivity index (χ0n) is 17.5. The van der Waals surface area contributed by atoms with Crippen LogP contribution in [0.4, 0.5) is 5.69 Å². The Morgan fingerprint density at radius 1 is 1.00 bits per heavy atom. The number of hydrazine groups is 1. The maximum atomic E-state index is 13.5. The van der Waals surface area contributed by atoms with Crippen molar-refractivity contribution in [2.45, 2.75) is 12.8 Å². The van der Waals surface area contributed by atoms with E-state index in [9.17, 15) is 29.3 Å². The summed E-state index contributed by atoms with van der Waals surface area (Å²) in [6.07, 6.45) is 4.19. The molecule has 3 amide bonds. The van der Waals surface area contributed by atoms with Gasteiger partial charge in [-0.1, -0.05) is 47.5 Å². The number of halogens is 2. The summed E-state index contributed by atoms with van der Waals surface area (Å²) in [5, 5.41) is 13.1. The van der Waals surface area contributed by atoms with Gasteiger partial charge in [-0.15, -0.1) is 0 Å². The summed E-state index contributed by atoms with van der Waals surface area (Å²) < 4.78 is 0. The molecule has 1 aliphatic carbocycles. The summed E-state index contributed by atoms with van der Waals surface area (Å²) in [7, 11) is 0. The molecule has 0 spiro atoms. The number of nitro groups is 1. The van der Waals surface area contributed by atoms with Crippen LogP contribution in [0, 0.1) is 22.0 Å². The average molecular weight is 502 g/mol. The van der Waals surface area contributed by atoms with Crippen LogP contribution in [0.15, 0.2) is 54.6 Å². The molecule has 9 nitrogen and oxygen atoms in total. The van der Waals surface area contributed by atoms with Crippen LogP contribution in [0.5, 0.6) is 0 Å². The molecule has 2 aromatic rings. The van der Waals surface area contributed by atoms with Crippen molar-refractivity contribution in [1.82, 2.24) is 10.0 Å². The van der Waals surface area contributed by atoms with Gasteiger partial charge in [0.1, 0.15) is 12.1 Å². The van der Waals surface area contributed by atoms with Crippen molar-refractivity contribution in [3.63, 3.8) is 0 Å². The topological polar surface area (TPSA) is 118 Å². The van der Waals surface area contributed by atoms with Crippen molar-refractivity contribution < 1.29 is 24.1 Å². The van der Waals surface area contributed by atoms with Crippen LogP contribution >= 0.6 is 23.2 Å². The number of benzene rings is 2. The Labute approximate surface area is 203 Å². The quantitative estimate of drug-likeness (QED) is 0.193. The first-order valence-electron chi connectivity index (χ1n) is 10.3. The highest BCUT2D eigenvalue weighted by atomic mass is 35.5. The zero-order valence-corrected chi connectivity index (χ0v) is 19.0. The van der Waals surface area contributed by atoms with E-state index in [4.69, 9.17) is 23.2 Å². The molecule has 0 N–H and O–H groups in total. The van der Waals surface area contributed by atoms with Gasteiger partial charge in [0.25, 0.3) is 23.4 Å². The monoisotopic (exact) mass is 501 g/mol. The second-order valence-electron chi connectivity index (χ2n) is 7.83. The van der Waals surface area contributed by atoms with Crippen LogP contribution in [0.1, 0.15) is 33.6 Å². The number of Topliss-reactive ketones (excluding diaryl/α,β-unsaturated/α-hetero) is 1. The predicted octanol–water partition coefficient (Wildman–Crippen LogP) is 4.09. The Hall–Kier alpha value is -3.56. The Bertz CT molecular complexity index is 1240. The second-order valence-corrected chi connectivity index (χ2v) is 8.67. The van der Waals surface area contributed by atoms with Gasteiger partial charge < -0.3 is 0 Å². The number of nitro benzene ring substituents is 1. The van der Waals surface area contributed by atoms with E-state index in [0.717, 1.165) is 6.07 Å². The lowest BCUT2D eigenvalue weighted by atomic mass is 9.85. The van der Waals surface area contributed by atoms with E-state index in [-0.39, 0.29) is 21.2 Å². The molecule has 174 valence electrons. The number of rotatable bonds is 6. The van der Waals surface area contributed by atoms with Gasteiger partial charge in [-0.05, 0) is 37.1 Å². The largest absolute Gasteiger partial charge is 0.292 e. The minimum absolute atomic E-state index is 0.0182. The first kappa shape index (κ1) is 23.6. The summed E-state index contributed by atoms with van der Waals surface area (Å²) in [4.78, 5) is 63.7. The van der Waals surface area contributed by atoms with Crippen LogP contribution in [-0.2, 0) is 9.59 Å². The van der Waals surface area contributed by atoms with Crippen molar-refractivity contribution in [1.29, 1.82) is 0 Å². The van der Waals surface area contributed by atoms with Crippen LogP contribution in [-0.4, -0.2) is 45.0 Å². The number of para-hydroxylation sites is 1. The molecule has 1 aliphatic heterocycles. The number of hydrogen-bond acceptors (Lipinski definition) is 6. The molecule has 11 heteroatoms. The fraction of sp³-hybridized carbons (Fsp3) is 0.217. The molecule has 2 aromatic carbocycles. The number of carbonyl (C=O) groups is 4. The van der Waals surface area contributed by atoms with Crippen molar-refractivity contribution in [2.24, 2.45) is 11.8 Å². The van der Waals surface area contributed by atoms with Crippen molar-refractivity contribution in [3.05, 3.63) is 85.9 Å². The van der Waals surface area contributed by atoms with E-state index in [1.165, 1.54) is 36.4 Å². The Kier molecular flexibility index (Phi) is 6.49. The highest BCUT2D eigenvalue weighted by molar-refractivity contribution is 6.37.